The Balaban J connectivity index is 1.52. The van der Waals surface area contributed by atoms with E-state index in [-0.39, 0.29) is 5.91 Å². The van der Waals surface area contributed by atoms with Crippen molar-refractivity contribution in [1.29, 1.82) is 0 Å². The molecule has 0 spiro atoms. The number of hydrogen-bond donors (Lipinski definition) is 1. The summed E-state index contributed by atoms with van der Waals surface area (Å²) in [4.78, 5) is 17.1. The molecule has 0 radical (unpaired) electrons. The van der Waals surface area contributed by atoms with E-state index >= 15 is 0 Å². The molecular formula is C27H26N2O2. The predicted octanol–water partition coefficient (Wildman–Crippen LogP) is 6.89. The normalized spacial score (nSPS) is 11.5. The maximum atomic E-state index is 12.5. The zero-order valence-electron chi connectivity index (χ0n) is 18.3. The first-order valence-electron chi connectivity index (χ1n) is 10.5. The molecule has 0 fully saturated rings. The highest BCUT2D eigenvalue weighted by Crippen LogP contribution is 2.28. The first kappa shape index (κ1) is 20.6. The number of anilines is 1. The van der Waals surface area contributed by atoms with Gasteiger partial charge in [0.2, 0.25) is 11.8 Å². The molecule has 1 heterocycles. The van der Waals surface area contributed by atoms with Crippen LogP contribution in [0.1, 0.15) is 42.0 Å². The number of nitrogens with one attached hydrogen (secondary N) is 1. The third-order valence-corrected chi connectivity index (χ3v) is 5.32. The lowest BCUT2D eigenvalue weighted by Gasteiger charge is -2.08. The quantitative estimate of drug-likeness (QED) is 0.365. The highest BCUT2D eigenvalue weighted by molar-refractivity contribution is 6.02. The summed E-state index contributed by atoms with van der Waals surface area (Å²) >= 11 is 0. The van der Waals surface area contributed by atoms with E-state index in [9.17, 15) is 4.79 Å². The molecule has 1 N–H and O–H groups in total. The van der Waals surface area contributed by atoms with Crippen molar-refractivity contribution >= 4 is 28.8 Å². The zero-order chi connectivity index (χ0) is 22.0. The fourth-order valence-corrected chi connectivity index (χ4v) is 3.38. The minimum atomic E-state index is -0.179. The molecule has 1 aromatic heterocycles. The number of carbonyl (C=O) groups is 1. The van der Waals surface area contributed by atoms with Gasteiger partial charge < -0.3 is 9.73 Å². The van der Waals surface area contributed by atoms with Crippen LogP contribution in [0.25, 0.3) is 28.6 Å². The van der Waals surface area contributed by atoms with Gasteiger partial charge in [0, 0.05) is 17.3 Å². The third-order valence-electron chi connectivity index (χ3n) is 5.32. The monoisotopic (exact) mass is 410 g/mol. The van der Waals surface area contributed by atoms with Gasteiger partial charge in [-0.2, -0.15) is 0 Å². The molecule has 0 saturated heterocycles. The molecule has 0 atom stereocenters. The standard InChI is InChI=1S/C27H26N2O2/c1-17(2)21-11-7-20(8-12-21)9-14-26(30)28-24-16-22(10-6-19(24)4)27-29-23-13-5-18(3)15-25(23)31-27/h5-17H,1-4H3,(H,28,30)/b14-9+. The second kappa shape index (κ2) is 8.60. The van der Waals surface area contributed by atoms with E-state index in [1.165, 1.54) is 5.56 Å². The van der Waals surface area contributed by atoms with Gasteiger partial charge in [-0.25, -0.2) is 4.98 Å². The fraction of sp³-hybridized carbons (Fsp3) is 0.185. The Morgan fingerprint density at radius 3 is 2.52 bits per heavy atom. The van der Waals surface area contributed by atoms with Gasteiger partial charge in [0.15, 0.2) is 5.58 Å². The number of benzene rings is 3. The Hall–Kier alpha value is -3.66. The SMILES string of the molecule is Cc1ccc2nc(-c3ccc(C)c(NC(=O)/C=C/c4ccc(C(C)C)cc4)c3)oc2c1. The molecule has 4 aromatic rings. The summed E-state index contributed by atoms with van der Waals surface area (Å²) in [6.45, 7) is 8.31. The maximum absolute atomic E-state index is 12.5. The predicted molar refractivity (Wildman–Crippen MR) is 127 cm³/mol. The van der Waals surface area contributed by atoms with Gasteiger partial charge in [0.1, 0.15) is 5.52 Å². The second-order valence-electron chi connectivity index (χ2n) is 8.16. The average Bonchev–Trinajstić information content (AvgIpc) is 3.17. The molecule has 0 aliphatic heterocycles. The van der Waals surface area contributed by atoms with E-state index in [1.54, 1.807) is 6.08 Å². The van der Waals surface area contributed by atoms with E-state index in [2.05, 4.69) is 36.3 Å². The highest BCUT2D eigenvalue weighted by atomic mass is 16.3. The topological polar surface area (TPSA) is 55.1 Å². The first-order chi connectivity index (χ1) is 14.9. The minimum absolute atomic E-state index is 0.179. The Kier molecular flexibility index (Phi) is 5.72. The van der Waals surface area contributed by atoms with Crippen molar-refractivity contribution < 1.29 is 9.21 Å². The summed E-state index contributed by atoms with van der Waals surface area (Å²) < 4.78 is 5.93. The van der Waals surface area contributed by atoms with Crippen LogP contribution >= 0.6 is 0 Å². The molecule has 4 heteroatoms. The Morgan fingerprint density at radius 1 is 1.00 bits per heavy atom. The summed E-state index contributed by atoms with van der Waals surface area (Å²) in [6.07, 6.45) is 3.38. The summed E-state index contributed by atoms with van der Waals surface area (Å²) in [6, 6.07) is 20.0. The maximum Gasteiger partial charge on any atom is 0.248 e. The summed E-state index contributed by atoms with van der Waals surface area (Å²) in [5, 5.41) is 2.97. The smallest absolute Gasteiger partial charge is 0.248 e. The van der Waals surface area contributed by atoms with E-state index in [1.807, 2.05) is 68.5 Å². The summed E-state index contributed by atoms with van der Waals surface area (Å²) in [5.41, 5.74) is 7.50. The molecule has 0 aliphatic carbocycles. The number of aryl methyl sites for hydroxylation is 2. The van der Waals surface area contributed by atoms with Gasteiger partial charge >= 0.3 is 0 Å². The number of hydrogen-bond acceptors (Lipinski definition) is 3. The highest BCUT2D eigenvalue weighted by Gasteiger charge is 2.11. The van der Waals surface area contributed by atoms with Crippen LogP contribution < -0.4 is 5.32 Å². The molecule has 0 unspecified atom stereocenters. The van der Waals surface area contributed by atoms with Crippen LogP contribution in [0.15, 0.2) is 71.2 Å². The molecular weight excluding hydrogens is 384 g/mol. The van der Waals surface area contributed by atoms with E-state index in [0.717, 1.165) is 39.0 Å². The molecule has 31 heavy (non-hydrogen) atoms. The second-order valence-corrected chi connectivity index (χ2v) is 8.16. The number of carbonyl (C=O) groups excluding carboxylic acids is 1. The van der Waals surface area contributed by atoms with Crippen molar-refractivity contribution in [3.63, 3.8) is 0 Å². The molecule has 1 amide bonds. The Morgan fingerprint density at radius 2 is 1.77 bits per heavy atom. The van der Waals surface area contributed by atoms with Crippen LogP contribution in [-0.4, -0.2) is 10.9 Å². The number of fused-ring (bicyclic) bond motifs is 1. The molecule has 3 aromatic carbocycles. The van der Waals surface area contributed by atoms with Gasteiger partial charge in [-0.1, -0.05) is 50.2 Å². The average molecular weight is 411 g/mol. The van der Waals surface area contributed by atoms with Crippen molar-refractivity contribution in [2.45, 2.75) is 33.6 Å². The van der Waals surface area contributed by atoms with Crippen molar-refractivity contribution in [3.05, 3.63) is 89.0 Å². The van der Waals surface area contributed by atoms with Gasteiger partial charge in [-0.05, 0) is 72.4 Å². The third kappa shape index (κ3) is 4.75. The van der Waals surface area contributed by atoms with Gasteiger partial charge in [0.05, 0.1) is 0 Å². The van der Waals surface area contributed by atoms with Crippen LogP contribution in [0.5, 0.6) is 0 Å². The van der Waals surface area contributed by atoms with Gasteiger partial charge in [0.25, 0.3) is 0 Å². The lowest BCUT2D eigenvalue weighted by atomic mass is 10.0. The zero-order valence-corrected chi connectivity index (χ0v) is 18.3. The van der Waals surface area contributed by atoms with Crippen molar-refractivity contribution in [2.24, 2.45) is 0 Å². The molecule has 4 nitrogen and oxygen atoms in total. The Bertz CT molecular complexity index is 1260. The van der Waals surface area contributed by atoms with Crippen molar-refractivity contribution in [2.75, 3.05) is 5.32 Å². The van der Waals surface area contributed by atoms with E-state index < -0.39 is 0 Å². The molecule has 0 aliphatic rings. The van der Waals surface area contributed by atoms with Crippen LogP contribution in [0, 0.1) is 13.8 Å². The lowest BCUT2D eigenvalue weighted by Crippen LogP contribution is -2.09. The van der Waals surface area contributed by atoms with Crippen LogP contribution in [0.2, 0.25) is 0 Å². The van der Waals surface area contributed by atoms with Crippen molar-refractivity contribution in [1.82, 2.24) is 4.98 Å². The lowest BCUT2D eigenvalue weighted by molar-refractivity contribution is -0.111. The molecule has 156 valence electrons. The number of amides is 1. The Labute approximate surface area is 182 Å². The number of rotatable bonds is 5. The van der Waals surface area contributed by atoms with Crippen molar-refractivity contribution in [3.8, 4) is 11.5 Å². The fourth-order valence-electron chi connectivity index (χ4n) is 3.38. The molecule has 4 rings (SSSR count). The van der Waals surface area contributed by atoms with E-state index in [4.69, 9.17) is 4.42 Å². The first-order valence-corrected chi connectivity index (χ1v) is 10.5. The number of aromatic nitrogens is 1. The van der Waals surface area contributed by atoms with E-state index in [0.29, 0.717) is 11.8 Å². The van der Waals surface area contributed by atoms with Crippen LogP contribution in [0.3, 0.4) is 0 Å². The number of nitrogens with zero attached hydrogens (tertiary/aromatic N) is 1. The minimum Gasteiger partial charge on any atom is -0.436 e. The van der Waals surface area contributed by atoms with Crippen LogP contribution in [-0.2, 0) is 4.79 Å². The number of oxazole rings is 1. The molecule has 0 saturated carbocycles. The molecule has 0 bridgehead atoms. The largest absolute Gasteiger partial charge is 0.436 e. The summed E-state index contributed by atoms with van der Waals surface area (Å²) in [5.74, 6) is 0.847. The van der Waals surface area contributed by atoms with Gasteiger partial charge in [-0.3, -0.25) is 4.79 Å². The van der Waals surface area contributed by atoms with Crippen LogP contribution in [0.4, 0.5) is 5.69 Å². The summed E-state index contributed by atoms with van der Waals surface area (Å²) in [7, 11) is 0. The van der Waals surface area contributed by atoms with Gasteiger partial charge in [-0.15, -0.1) is 0 Å².